The Kier molecular flexibility index (Phi) is 4.92. The fourth-order valence-corrected chi connectivity index (χ4v) is 3.31. The first kappa shape index (κ1) is 18.0. The van der Waals surface area contributed by atoms with E-state index < -0.39 is 0 Å². The first-order valence-corrected chi connectivity index (χ1v) is 9.24. The van der Waals surface area contributed by atoms with Gasteiger partial charge in [-0.2, -0.15) is 0 Å². The number of H-pyrrole nitrogens is 1. The Labute approximate surface area is 162 Å². The van der Waals surface area contributed by atoms with Crippen LogP contribution in [0.15, 0.2) is 41.3 Å². The summed E-state index contributed by atoms with van der Waals surface area (Å²) in [5, 5.41) is 3.11. The lowest BCUT2D eigenvalue weighted by Gasteiger charge is -2.16. The van der Waals surface area contributed by atoms with E-state index in [9.17, 15) is 4.79 Å². The highest BCUT2D eigenvalue weighted by atomic mass is 16.5. The number of aromatic nitrogens is 4. The fraction of sp³-hybridized carbons (Fsp3) is 0.300. The number of para-hydroxylation sites is 2. The molecule has 1 aliphatic heterocycles. The van der Waals surface area contributed by atoms with Gasteiger partial charge >= 0.3 is 0 Å². The Balaban J connectivity index is 1.66. The van der Waals surface area contributed by atoms with E-state index in [1.807, 2.05) is 31.2 Å². The summed E-state index contributed by atoms with van der Waals surface area (Å²) in [6, 6.07) is 8.89. The van der Waals surface area contributed by atoms with Crippen molar-refractivity contribution < 1.29 is 4.74 Å². The molecule has 0 spiro atoms. The Morgan fingerprint density at radius 1 is 1.18 bits per heavy atom. The van der Waals surface area contributed by atoms with Gasteiger partial charge in [-0.15, -0.1) is 0 Å². The van der Waals surface area contributed by atoms with Crippen LogP contribution in [0.3, 0.4) is 0 Å². The minimum atomic E-state index is -0.259. The fourth-order valence-electron chi connectivity index (χ4n) is 3.31. The molecule has 0 radical (unpaired) electrons. The van der Waals surface area contributed by atoms with Crippen molar-refractivity contribution in [2.24, 2.45) is 0 Å². The van der Waals surface area contributed by atoms with Crippen molar-refractivity contribution in [3.63, 3.8) is 0 Å². The van der Waals surface area contributed by atoms with Crippen LogP contribution in [-0.2, 0) is 0 Å². The number of nitrogens with zero attached hydrogens (tertiary/aromatic N) is 4. The van der Waals surface area contributed by atoms with E-state index >= 15 is 0 Å². The number of anilines is 3. The third-order valence-corrected chi connectivity index (χ3v) is 4.73. The molecule has 1 fully saturated rings. The van der Waals surface area contributed by atoms with Gasteiger partial charge < -0.3 is 15.0 Å². The Morgan fingerprint density at radius 2 is 1.96 bits per heavy atom. The number of nitrogens with one attached hydrogen (secondary N) is 2. The van der Waals surface area contributed by atoms with Crippen LogP contribution in [0.1, 0.15) is 18.5 Å². The van der Waals surface area contributed by atoms with Crippen LogP contribution in [0.25, 0.3) is 11.3 Å². The van der Waals surface area contributed by atoms with Gasteiger partial charge in [0.2, 0.25) is 11.9 Å². The summed E-state index contributed by atoms with van der Waals surface area (Å²) in [5.74, 6) is 1.72. The number of ether oxygens (including phenoxy) is 1. The van der Waals surface area contributed by atoms with Gasteiger partial charge in [0.05, 0.1) is 24.2 Å². The Bertz CT molecular complexity index is 1040. The number of hydrogen-bond acceptors (Lipinski definition) is 7. The number of aryl methyl sites for hydroxylation is 1. The Morgan fingerprint density at radius 3 is 2.71 bits per heavy atom. The van der Waals surface area contributed by atoms with Crippen LogP contribution in [0.2, 0.25) is 0 Å². The molecule has 28 heavy (non-hydrogen) atoms. The summed E-state index contributed by atoms with van der Waals surface area (Å²) in [4.78, 5) is 30.8. The second kappa shape index (κ2) is 7.67. The summed E-state index contributed by atoms with van der Waals surface area (Å²) < 4.78 is 5.34. The molecule has 2 aromatic heterocycles. The van der Waals surface area contributed by atoms with Crippen molar-refractivity contribution in [1.82, 2.24) is 19.9 Å². The van der Waals surface area contributed by atoms with E-state index in [1.165, 1.54) is 6.07 Å². The minimum Gasteiger partial charge on any atom is -0.495 e. The molecule has 1 saturated heterocycles. The van der Waals surface area contributed by atoms with E-state index in [-0.39, 0.29) is 5.56 Å². The van der Waals surface area contributed by atoms with Crippen LogP contribution in [-0.4, -0.2) is 40.1 Å². The summed E-state index contributed by atoms with van der Waals surface area (Å²) >= 11 is 0. The molecule has 0 atom stereocenters. The van der Waals surface area contributed by atoms with Gasteiger partial charge in [0.1, 0.15) is 5.75 Å². The maximum atomic E-state index is 12.2. The SMILES string of the molecule is COc1ccccc1Nc1nc(-c2cnc(N3CCCC3)nc2C)cc(=O)[nH]1. The Hall–Kier alpha value is -3.42. The molecule has 144 valence electrons. The molecule has 1 aliphatic rings. The van der Waals surface area contributed by atoms with Gasteiger partial charge in [-0.05, 0) is 31.9 Å². The zero-order chi connectivity index (χ0) is 19.5. The van der Waals surface area contributed by atoms with Gasteiger partial charge in [0.25, 0.3) is 5.56 Å². The highest BCUT2D eigenvalue weighted by Gasteiger charge is 2.17. The third-order valence-electron chi connectivity index (χ3n) is 4.73. The largest absolute Gasteiger partial charge is 0.495 e. The van der Waals surface area contributed by atoms with E-state index in [4.69, 9.17) is 4.74 Å². The average molecular weight is 378 g/mol. The zero-order valence-corrected chi connectivity index (χ0v) is 15.9. The second-order valence-electron chi connectivity index (χ2n) is 6.67. The first-order chi connectivity index (χ1) is 13.6. The molecule has 3 aromatic rings. The normalized spacial score (nSPS) is 13.6. The molecular formula is C20H22N6O2. The van der Waals surface area contributed by atoms with Gasteiger partial charge in [0.15, 0.2) is 0 Å². The van der Waals surface area contributed by atoms with Gasteiger partial charge in [-0.1, -0.05) is 12.1 Å². The van der Waals surface area contributed by atoms with Gasteiger partial charge in [0, 0.05) is 30.9 Å². The standard InChI is InChI=1S/C20H22N6O2/c1-13-14(12-21-20(22-13)26-9-5-6-10-26)16-11-18(27)25-19(24-16)23-15-7-3-4-8-17(15)28-2/h3-4,7-8,11-12H,5-6,9-10H2,1-2H3,(H2,23,24,25,27). The van der Waals surface area contributed by atoms with E-state index in [1.54, 1.807) is 13.3 Å². The highest BCUT2D eigenvalue weighted by Crippen LogP contribution is 2.27. The molecule has 1 aromatic carbocycles. The van der Waals surface area contributed by atoms with E-state index in [0.717, 1.165) is 43.1 Å². The van der Waals surface area contributed by atoms with Gasteiger partial charge in [-0.3, -0.25) is 9.78 Å². The minimum absolute atomic E-state index is 0.259. The van der Waals surface area contributed by atoms with Crippen LogP contribution < -0.4 is 20.5 Å². The van der Waals surface area contributed by atoms with Crippen LogP contribution in [0.4, 0.5) is 17.6 Å². The van der Waals surface area contributed by atoms with Crippen molar-refractivity contribution in [1.29, 1.82) is 0 Å². The lowest BCUT2D eigenvalue weighted by atomic mass is 10.2. The van der Waals surface area contributed by atoms with Crippen LogP contribution >= 0.6 is 0 Å². The van der Waals surface area contributed by atoms with Crippen molar-refractivity contribution in [2.45, 2.75) is 19.8 Å². The predicted octanol–water partition coefficient (Wildman–Crippen LogP) is 2.89. The molecule has 3 heterocycles. The van der Waals surface area contributed by atoms with Crippen molar-refractivity contribution in [2.75, 3.05) is 30.4 Å². The molecular weight excluding hydrogens is 356 g/mol. The van der Waals surface area contributed by atoms with Crippen molar-refractivity contribution >= 4 is 17.6 Å². The number of methoxy groups -OCH3 is 1. The summed E-state index contributed by atoms with van der Waals surface area (Å²) in [6.07, 6.45) is 4.07. The molecule has 0 aliphatic carbocycles. The van der Waals surface area contributed by atoms with E-state index in [0.29, 0.717) is 23.1 Å². The predicted molar refractivity (Wildman–Crippen MR) is 108 cm³/mol. The lowest BCUT2D eigenvalue weighted by molar-refractivity contribution is 0.417. The second-order valence-corrected chi connectivity index (χ2v) is 6.67. The lowest BCUT2D eigenvalue weighted by Crippen LogP contribution is -2.20. The summed E-state index contributed by atoms with van der Waals surface area (Å²) in [7, 11) is 1.59. The number of benzene rings is 1. The van der Waals surface area contributed by atoms with Crippen molar-refractivity contribution in [3.05, 3.63) is 52.6 Å². The monoisotopic (exact) mass is 378 g/mol. The molecule has 0 saturated carbocycles. The third kappa shape index (κ3) is 3.66. The molecule has 0 bridgehead atoms. The topological polar surface area (TPSA) is 96.0 Å². The molecule has 2 N–H and O–H groups in total. The summed E-state index contributed by atoms with van der Waals surface area (Å²) in [6.45, 7) is 3.87. The highest BCUT2D eigenvalue weighted by molar-refractivity contribution is 5.66. The number of aromatic amines is 1. The molecule has 0 unspecified atom stereocenters. The number of rotatable bonds is 5. The average Bonchev–Trinajstić information content (AvgIpc) is 3.22. The number of hydrogen-bond donors (Lipinski definition) is 2. The maximum absolute atomic E-state index is 12.2. The zero-order valence-electron chi connectivity index (χ0n) is 15.9. The van der Waals surface area contributed by atoms with Crippen LogP contribution in [0, 0.1) is 6.92 Å². The molecule has 4 rings (SSSR count). The smallest absolute Gasteiger partial charge is 0.252 e. The van der Waals surface area contributed by atoms with Crippen LogP contribution in [0.5, 0.6) is 5.75 Å². The molecule has 0 amide bonds. The first-order valence-electron chi connectivity index (χ1n) is 9.24. The molecule has 8 nitrogen and oxygen atoms in total. The van der Waals surface area contributed by atoms with Crippen molar-refractivity contribution in [3.8, 4) is 17.0 Å². The van der Waals surface area contributed by atoms with E-state index in [2.05, 4.69) is 30.2 Å². The van der Waals surface area contributed by atoms with Gasteiger partial charge in [-0.25, -0.2) is 15.0 Å². The molecule has 8 heteroatoms. The maximum Gasteiger partial charge on any atom is 0.252 e. The summed E-state index contributed by atoms with van der Waals surface area (Å²) in [5.41, 5.74) is 2.50. The quantitative estimate of drug-likeness (QED) is 0.705.